The van der Waals surface area contributed by atoms with Gasteiger partial charge in [-0.05, 0) is 12.8 Å². The van der Waals surface area contributed by atoms with E-state index in [0.29, 0.717) is 12.6 Å². The number of ether oxygens (including phenoxy) is 1. The van der Waals surface area contributed by atoms with Gasteiger partial charge in [0.25, 0.3) is 0 Å². The average Bonchev–Trinajstić information content (AvgIpc) is 2.29. The molecule has 0 aromatic heterocycles. The van der Waals surface area contributed by atoms with E-state index < -0.39 is 12.3 Å². The maximum Gasteiger partial charge on any atom is 0.415 e. The Morgan fingerprint density at radius 3 is 2.38 bits per heavy atom. The first kappa shape index (κ1) is 12.2. The van der Waals surface area contributed by atoms with Gasteiger partial charge >= 0.3 is 6.18 Å². The molecule has 0 N–H and O–H groups in total. The van der Waals surface area contributed by atoms with Gasteiger partial charge in [0, 0.05) is 19.1 Å². The normalized spacial score (nSPS) is 30.6. The van der Waals surface area contributed by atoms with E-state index in [-0.39, 0.29) is 13.2 Å². The molecule has 0 amide bonds. The SMILES string of the molecule is FC(F)(F)C1CN(C2CCCCC2)CCO1. The van der Waals surface area contributed by atoms with Gasteiger partial charge in [-0.25, -0.2) is 0 Å². The molecule has 1 saturated heterocycles. The van der Waals surface area contributed by atoms with Gasteiger partial charge in [0.15, 0.2) is 6.10 Å². The first-order valence-electron chi connectivity index (χ1n) is 6.00. The summed E-state index contributed by atoms with van der Waals surface area (Å²) in [5.74, 6) is 0. The Bertz CT molecular complexity index is 226. The van der Waals surface area contributed by atoms with Crippen LogP contribution in [-0.2, 0) is 4.74 Å². The van der Waals surface area contributed by atoms with Crippen LogP contribution >= 0.6 is 0 Å². The van der Waals surface area contributed by atoms with Crippen molar-refractivity contribution < 1.29 is 17.9 Å². The van der Waals surface area contributed by atoms with Crippen molar-refractivity contribution in [2.75, 3.05) is 19.7 Å². The van der Waals surface area contributed by atoms with E-state index in [1.54, 1.807) is 0 Å². The van der Waals surface area contributed by atoms with Crippen molar-refractivity contribution in [1.29, 1.82) is 0 Å². The maximum absolute atomic E-state index is 12.5. The molecular weight excluding hydrogens is 219 g/mol. The van der Waals surface area contributed by atoms with Crippen molar-refractivity contribution in [3.05, 3.63) is 0 Å². The van der Waals surface area contributed by atoms with Gasteiger partial charge in [-0.3, -0.25) is 4.90 Å². The van der Waals surface area contributed by atoms with E-state index >= 15 is 0 Å². The average molecular weight is 237 g/mol. The van der Waals surface area contributed by atoms with Gasteiger partial charge in [0.05, 0.1) is 6.61 Å². The molecule has 0 aromatic carbocycles. The van der Waals surface area contributed by atoms with Crippen LogP contribution in [0.25, 0.3) is 0 Å². The fourth-order valence-electron chi connectivity index (χ4n) is 2.65. The predicted octanol–water partition coefficient (Wildman–Crippen LogP) is 2.58. The molecule has 94 valence electrons. The first-order chi connectivity index (χ1) is 7.57. The van der Waals surface area contributed by atoms with Crippen molar-refractivity contribution >= 4 is 0 Å². The second kappa shape index (κ2) is 4.92. The smallest absolute Gasteiger partial charge is 0.366 e. The Kier molecular flexibility index (Phi) is 3.74. The lowest BCUT2D eigenvalue weighted by atomic mass is 9.93. The summed E-state index contributed by atoms with van der Waals surface area (Å²) in [7, 11) is 0. The molecule has 5 heteroatoms. The zero-order valence-corrected chi connectivity index (χ0v) is 9.30. The molecule has 1 atom stereocenters. The van der Waals surface area contributed by atoms with Crippen LogP contribution in [0.3, 0.4) is 0 Å². The zero-order chi connectivity index (χ0) is 11.6. The van der Waals surface area contributed by atoms with E-state index in [2.05, 4.69) is 0 Å². The molecule has 2 rings (SSSR count). The summed E-state index contributed by atoms with van der Waals surface area (Å²) >= 11 is 0. The van der Waals surface area contributed by atoms with Gasteiger partial charge in [-0.1, -0.05) is 19.3 Å². The lowest BCUT2D eigenvalue weighted by Gasteiger charge is -2.40. The number of rotatable bonds is 1. The van der Waals surface area contributed by atoms with Gasteiger partial charge in [-0.2, -0.15) is 13.2 Å². The third-order valence-corrected chi connectivity index (χ3v) is 3.55. The van der Waals surface area contributed by atoms with Crippen molar-refractivity contribution in [2.24, 2.45) is 0 Å². The molecule has 1 unspecified atom stereocenters. The molecule has 16 heavy (non-hydrogen) atoms. The van der Waals surface area contributed by atoms with E-state index in [0.717, 1.165) is 25.7 Å². The van der Waals surface area contributed by atoms with Crippen molar-refractivity contribution in [3.8, 4) is 0 Å². The number of alkyl halides is 3. The van der Waals surface area contributed by atoms with Crippen LogP contribution in [0.5, 0.6) is 0 Å². The highest BCUT2D eigenvalue weighted by Crippen LogP contribution is 2.29. The van der Waals surface area contributed by atoms with Crippen LogP contribution < -0.4 is 0 Å². The van der Waals surface area contributed by atoms with E-state index in [1.165, 1.54) is 6.42 Å². The monoisotopic (exact) mass is 237 g/mol. The third-order valence-electron chi connectivity index (χ3n) is 3.55. The second-order valence-corrected chi connectivity index (χ2v) is 4.69. The van der Waals surface area contributed by atoms with Crippen LogP contribution in [0.4, 0.5) is 13.2 Å². The molecule has 1 heterocycles. The van der Waals surface area contributed by atoms with Gasteiger partial charge in [0.2, 0.25) is 0 Å². The first-order valence-corrected chi connectivity index (χ1v) is 6.00. The van der Waals surface area contributed by atoms with Crippen LogP contribution in [0.2, 0.25) is 0 Å². The Labute approximate surface area is 93.7 Å². The summed E-state index contributed by atoms with van der Waals surface area (Å²) in [5.41, 5.74) is 0. The van der Waals surface area contributed by atoms with Crippen molar-refractivity contribution in [2.45, 2.75) is 50.4 Å². The summed E-state index contributed by atoms with van der Waals surface area (Å²) in [6.45, 7) is 0.881. The molecule has 2 nitrogen and oxygen atoms in total. The fourth-order valence-corrected chi connectivity index (χ4v) is 2.65. The molecule has 0 bridgehead atoms. The number of halogens is 3. The predicted molar refractivity (Wildman–Crippen MR) is 54.2 cm³/mol. The lowest BCUT2D eigenvalue weighted by Crippen LogP contribution is -2.52. The van der Waals surface area contributed by atoms with E-state index in [9.17, 15) is 13.2 Å². The highest BCUT2D eigenvalue weighted by atomic mass is 19.4. The molecular formula is C11H18F3NO. The second-order valence-electron chi connectivity index (χ2n) is 4.69. The highest BCUT2D eigenvalue weighted by Gasteiger charge is 2.44. The topological polar surface area (TPSA) is 12.5 Å². The van der Waals surface area contributed by atoms with Crippen LogP contribution in [-0.4, -0.2) is 42.9 Å². The lowest BCUT2D eigenvalue weighted by molar-refractivity contribution is -0.240. The van der Waals surface area contributed by atoms with Gasteiger partial charge in [0.1, 0.15) is 0 Å². The maximum atomic E-state index is 12.5. The van der Waals surface area contributed by atoms with E-state index in [1.807, 2.05) is 4.90 Å². The Morgan fingerprint density at radius 1 is 1.06 bits per heavy atom. The van der Waals surface area contributed by atoms with Crippen LogP contribution in [0.1, 0.15) is 32.1 Å². The summed E-state index contributed by atoms with van der Waals surface area (Å²) in [4.78, 5) is 1.97. The molecule has 2 fully saturated rings. The highest BCUT2D eigenvalue weighted by molar-refractivity contribution is 4.83. The molecule has 0 aromatic rings. The molecule has 0 spiro atoms. The minimum absolute atomic E-state index is 0.0220. The minimum Gasteiger partial charge on any atom is -0.366 e. The van der Waals surface area contributed by atoms with Crippen LogP contribution in [0.15, 0.2) is 0 Å². The largest absolute Gasteiger partial charge is 0.415 e. The minimum atomic E-state index is -4.21. The standard InChI is InChI=1S/C11H18F3NO/c12-11(13,14)10-8-15(6-7-16-10)9-4-2-1-3-5-9/h9-10H,1-8H2. The van der Waals surface area contributed by atoms with Crippen molar-refractivity contribution in [3.63, 3.8) is 0 Å². The van der Waals surface area contributed by atoms with Gasteiger partial charge < -0.3 is 4.74 Å². The molecule has 1 aliphatic carbocycles. The van der Waals surface area contributed by atoms with E-state index in [4.69, 9.17) is 4.74 Å². The Hall–Kier alpha value is -0.290. The quantitative estimate of drug-likeness (QED) is 0.695. The molecule has 0 radical (unpaired) electrons. The van der Waals surface area contributed by atoms with Crippen LogP contribution in [0, 0.1) is 0 Å². The fraction of sp³-hybridized carbons (Fsp3) is 1.00. The number of hydrogen-bond donors (Lipinski definition) is 0. The summed E-state index contributed by atoms with van der Waals surface area (Å²) in [5, 5.41) is 0. The molecule has 1 saturated carbocycles. The number of morpholine rings is 1. The summed E-state index contributed by atoms with van der Waals surface area (Å²) in [6, 6.07) is 0.350. The Balaban J connectivity index is 1.90. The molecule has 1 aliphatic heterocycles. The zero-order valence-electron chi connectivity index (χ0n) is 9.30. The summed E-state index contributed by atoms with van der Waals surface area (Å²) in [6.07, 6.45) is -0.174. The number of nitrogens with zero attached hydrogens (tertiary/aromatic N) is 1. The van der Waals surface area contributed by atoms with Crippen molar-refractivity contribution in [1.82, 2.24) is 4.90 Å². The van der Waals surface area contributed by atoms with Gasteiger partial charge in [-0.15, -0.1) is 0 Å². The third kappa shape index (κ3) is 2.88. The molecule has 2 aliphatic rings. The summed E-state index contributed by atoms with van der Waals surface area (Å²) < 4.78 is 42.4. The Morgan fingerprint density at radius 2 is 1.75 bits per heavy atom. The number of hydrogen-bond acceptors (Lipinski definition) is 2.